The zero-order chi connectivity index (χ0) is 14.6. The fourth-order valence-corrected chi connectivity index (χ4v) is 2.54. The molecule has 0 atom stereocenters. The molecule has 0 aliphatic carbocycles. The summed E-state index contributed by atoms with van der Waals surface area (Å²) in [7, 11) is -3.62. The summed E-state index contributed by atoms with van der Waals surface area (Å²) in [6, 6.07) is 7.41. The molecule has 0 amide bonds. The van der Waals surface area contributed by atoms with E-state index in [2.05, 4.69) is 14.7 Å². The second-order valence-corrected chi connectivity index (χ2v) is 5.87. The summed E-state index contributed by atoms with van der Waals surface area (Å²) < 4.78 is 26.5. The molecule has 2 rings (SSSR count). The summed E-state index contributed by atoms with van der Waals surface area (Å²) in [4.78, 5) is 18.9. The molecule has 0 spiro atoms. The molecule has 0 saturated heterocycles. The van der Waals surface area contributed by atoms with E-state index in [1.54, 1.807) is 6.07 Å². The SMILES string of the molecule is CC(=O)c1ccc(S(=O)(=O)NCc2ccncn2)cc1. The summed E-state index contributed by atoms with van der Waals surface area (Å²) in [6.07, 6.45) is 2.89. The van der Waals surface area contributed by atoms with Gasteiger partial charge in [-0.2, -0.15) is 0 Å². The van der Waals surface area contributed by atoms with Crippen LogP contribution >= 0.6 is 0 Å². The van der Waals surface area contributed by atoms with Gasteiger partial charge in [-0.3, -0.25) is 4.79 Å². The Labute approximate surface area is 116 Å². The van der Waals surface area contributed by atoms with Crippen LogP contribution in [0.15, 0.2) is 47.8 Å². The largest absolute Gasteiger partial charge is 0.295 e. The van der Waals surface area contributed by atoms with Gasteiger partial charge in [0, 0.05) is 11.8 Å². The quantitative estimate of drug-likeness (QED) is 0.835. The van der Waals surface area contributed by atoms with Crippen LogP contribution in [0.2, 0.25) is 0 Å². The molecule has 0 aliphatic rings. The Morgan fingerprint density at radius 2 is 1.90 bits per heavy atom. The number of rotatable bonds is 5. The van der Waals surface area contributed by atoms with Crippen LogP contribution in [-0.4, -0.2) is 24.2 Å². The van der Waals surface area contributed by atoms with E-state index in [-0.39, 0.29) is 17.2 Å². The predicted molar refractivity (Wildman–Crippen MR) is 72.5 cm³/mol. The van der Waals surface area contributed by atoms with Crippen LogP contribution in [0.5, 0.6) is 0 Å². The number of nitrogens with one attached hydrogen (secondary N) is 1. The molecule has 0 bridgehead atoms. The molecule has 1 aromatic carbocycles. The van der Waals surface area contributed by atoms with E-state index >= 15 is 0 Å². The number of hydrogen-bond acceptors (Lipinski definition) is 5. The zero-order valence-corrected chi connectivity index (χ0v) is 11.6. The average Bonchev–Trinajstić information content (AvgIpc) is 2.46. The minimum atomic E-state index is -3.62. The average molecular weight is 291 g/mol. The first-order chi connectivity index (χ1) is 9.49. The number of nitrogens with zero attached hydrogens (tertiary/aromatic N) is 2. The second kappa shape index (κ2) is 5.89. The second-order valence-electron chi connectivity index (χ2n) is 4.11. The van der Waals surface area contributed by atoms with Crippen LogP contribution in [0.1, 0.15) is 23.0 Å². The van der Waals surface area contributed by atoms with Crippen LogP contribution in [0, 0.1) is 0 Å². The summed E-state index contributed by atoms with van der Waals surface area (Å²) in [5, 5.41) is 0. The Morgan fingerprint density at radius 1 is 1.20 bits per heavy atom. The van der Waals surface area contributed by atoms with Gasteiger partial charge in [-0.25, -0.2) is 23.1 Å². The van der Waals surface area contributed by atoms with Crippen molar-refractivity contribution in [3.63, 3.8) is 0 Å². The normalized spacial score (nSPS) is 11.2. The lowest BCUT2D eigenvalue weighted by Crippen LogP contribution is -2.23. The summed E-state index contributed by atoms with van der Waals surface area (Å²) in [5.74, 6) is -0.108. The van der Waals surface area contributed by atoms with E-state index in [1.165, 1.54) is 43.7 Å². The van der Waals surface area contributed by atoms with E-state index < -0.39 is 10.0 Å². The lowest BCUT2D eigenvalue weighted by Gasteiger charge is -2.06. The smallest absolute Gasteiger partial charge is 0.240 e. The van der Waals surface area contributed by atoms with Gasteiger partial charge in [0.05, 0.1) is 17.1 Å². The molecule has 0 saturated carbocycles. The van der Waals surface area contributed by atoms with Gasteiger partial charge in [-0.1, -0.05) is 12.1 Å². The number of carbonyl (C=O) groups is 1. The van der Waals surface area contributed by atoms with Crippen LogP contribution in [-0.2, 0) is 16.6 Å². The van der Waals surface area contributed by atoms with E-state index in [0.29, 0.717) is 11.3 Å². The topological polar surface area (TPSA) is 89.0 Å². The summed E-state index contributed by atoms with van der Waals surface area (Å²) in [5.41, 5.74) is 1.05. The molecule has 0 radical (unpaired) electrons. The number of hydrogen-bond donors (Lipinski definition) is 1. The van der Waals surface area contributed by atoms with Gasteiger partial charge in [0.15, 0.2) is 5.78 Å². The maximum absolute atomic E-state index is 12.0. The summed E-state index contributed by atoms with van der Waals surface area (Å²) >= 11 is 0. The monoisotopic (exact) mass is 291 g/mol. The highest BCUT2D eigenvalue weighted by atomic mass is 32.2. The van der Waals surface area contributed by atoms with Gasteiger partial charge in [0.1, 0.15) is 6.33 Å². The Kier molecular flexibility index (Phi) is 4.21. The molecule has 0 fully saturated rings. The van der Waals surface area contributed by atoms with Gasteiger partial charge < -0.3 is 0 Å². The van der Waals surface area contributed by atoms with Crippen molar-refractivity contribution in [2.24, 2.45) is 0 Å². The van der Waals surface area contributed by atoms with E-state index in [9.17, 15) is 13.2 Å². The zero-order valence-electron chi connectivity index (χ0n) is 10.8. The highest BCUT2D eigenvalue weighted by Crippen LogP contribution is 2.11. The molecule has 1 heterocycles. The number of benzene rings is 1. The molecule has 20 heavy (non-hydrogen) atoms. The van der Waals surface area contributed by atoms with Gasteiger partial charge in [-0.15, -0.1) is 0 Å². The molecular formula is C13H13N3O3S. The van der Waals surface area contributed by atoms with Crippen LogP contribution in [0.4, 0.5) is 0 Å². The minimum absolute atomic E-state index is 0.0827. The third kappa shape index (κ3) is 3.46. The molecule has 1 N–H and O–H groups in total. The minimum Gasteiger partial charge on any atom is -0.295 e. The molecule has 0 aliphatic heterocycles. The Balaban J connectivity index is 2.12. The predicted octanol–water partition coefficient (Wildman–Crippen LogP) is 1.16. The first-order valence-electron chi connectivity index (χ1n) is 5.84. The van der Waals surface area contributed by atoms with E-state index in [0.717, 1.165) is 0 Å². The Hall–Kier alpha value is -2.12. The van der Waals surface area contributed by atoms with Crippen LogP contribution in [0.3, 0.4) is 0 Å². The first kappa shape index (κ1) is 14.3. The Morgan fingerprint density at radius 3 is 2.45 bits per heavy atom. The number of ketones is 1. The number of sulfonamides is 1. The van der Waals surface area contributed by atoms with Crippen molar-refractivity contribution in [2.75, 3.05) is 0 Å². The number of aromatic nitrogens is 2. The fraction of sp³-hybridized carbons (Fsp3) is 0.154. The van der Waals surface area contributed by atoms with Crippen LogP contribution < -0.4 is 4.72 Å². The Bertz CT molecular complexity index is 697. The van der Waals surface area contributed by atoms with Gasteiger partial charge in [0.2, 0.25) is 10.0 Å². The molecule has 2 aromatic rings. The molecule has 1 aromatic heterocycles. The van der Waals surface area contributed by atoms with Gasteiger partial charge >= 0.3 is 0 Å². The van der Waals surface area contributed by atoms with Crippen molar-refractivity contribution in [2.45, 2.75) is 18.4 Å². The van der Waals surface area contributed by atoms with Crippen molar-refractivity contribution in [3.8, 4) is 0 Å². The van der Waals surface area contributed by atoms with Crippen molar-refractivity contribution >= 4 is 15.8 Å². The molecular weight excluding hydrogens is 278 g/mol. The molecule has 6 nitrogen and oxygen atoms in total. The van der Waals surface area contributed by atoms with E-state index in [4.69, 9.17) is 0 Å². The number of Topliss-reactive ketones (excluding diaryl/α,β-unsaturated/α-hetero) is 1. The summed E-state index contributed by atoms with van der Waals surface area (Å²) in [6.45, 7) is 1.51. The fourth-order valence-electron chi connectivity index (χ4n) is 1.54. The number of carbonyl (C=O) groups excluding carboxylic acids is 1. The standard InChI is InChI=1S/C13H13N3O3S/c1-10(17)11-2-4-13(5-3-11)20(18,19)16-8-12-6-7-14-9-15-12/h2-7,9,16H,8H2,1H3. The first-order valence-corrected chi connectivity index (χ1v) is 7.33. The molecule has 104 valence electrons. The van der Waals surface area contributed by atoms with Crippen molar-refractivity contribution < 1.29 is 13.2 Å². The lowest BCUT2D eigenvalue weighted by atomic mass is 10.2. The van der Waals surface area contributed by atoms with Crippen LogP contribution in [0.25, 0.3) is 0 Å². The third-order valence-electron chi connectivity index (χ3n) is 2.66. The maximum Gasteiger partial charge on any atom is 0.240 e. The highest BCUT2D eigenvalue weighted by Gasteiger charge is 2.14. The lowest BCUT2D eigenvalue weighted by molar-refractivity contribution is 0.101. The third-order valence-corrected chi connectivity index (χ3v) is 4.07. The highest BCUT2D eigenvalue weighted by molar-refractivity contribution is 7.89. The maximum atomic E-state index is 12.0. The van der Waals surface area contributed by atoms with Gasteiger partial charge in [0.25, 0.3) is 0 Å². The molecule has 7 heteroatoms. The molecule has 0 unspecified atom stereocenters. The van der Waals surface area contributed by atoms with Crippen molar-refractivity contribution in [1.29, 1.82) is 0 Å². The van der Waals surface area contributed by atoms with E-state index in [1.807, 2.05) is 0 Å². The van der Waals surface area contributed by atoms with Crippen molar-refractivity contribution in [1.82, 2.24) is 14.7 Å². The van der Waals surface area contributed by atoms with Crippen molar-refractivity contribution in [3.05, 3.63) is 54.1 Å². The van der Waals surface area contributed by atoms with Gasteiger partial charge in [-0.05, 0) is 25.1 Å².